The fourth-order valence-corrected chi connectivity index (χ4v) is 3.11. The lowest BCUT2D eigenvalue weighted by Crippen LogP contribution is -2.10. The summed E-state index contributed by atoms with van der Waals surface area (Å²) in [7, 11) is 1.36. The van der Waals surface area contributed by atoms with E-state index in [1.54, 1.807) is 6.07 Å². The first-order valence-corrected chi connectivity index (χ1v) is 9.59. The Balaban J connectivity index is 1.82. The number of aromatic carboxylic acids is 1. The topological polar surface area (TPSA) is 102 Å². The Bertz CT molecular complexity index is 1370. The van der Waals surface area contributed by atoms with Crippen molar-refractivity contribution in [2.24, 2.45) is 0 Å². The first kappa shape index (κ1) is 22.7. The molecule has 0 spiro atoms. The van der Waals surface area contributed by atoms with Gasteiger partial charge in [0.25, 0.3) is 0 Å². The predicted molar refractivity (Wildman–Crippen MR) is 113 cm³/mol. The molecule has 0 unspecified atom stereocenters. The second-order valence-electron chi connectivity index (χ2n) is 6.96. The van der Waals surface area contributed by atoms with Crippen molar-refractivity contribution in [2.75, 3.05) is 12.4 Å². The maximum atomic E-state index is 13.8. The summed E-state index contributed by atoms with van der Waals surface area (Å²) in [6.07, 6.45) is -2.30. The number of alkyl halides is 3. The molecule has 8 nitrogen and oxygen atoms in total. The third-order valence-corrected chi connectivity index (χ3v) is 4.65. The molecular formula is C22H15F4N5O3. The maximum absolute atomic E-state index is 13.8. The normalized spacial score (nSPS) is 11.3. The molecule has 2 aromatic carbocycles. The van der Waals surface area contributed by atoms with Crippen LogP contribution in [-0.4, -0.2) is 37.9 Å². The zero-order valence-corrected chi connectivity index (χ0v) is 17.3. The van der Waals surface area contributed by atoms with E-state index in [0.717, 1.165) is 23.0 Å². The van der Waals surface area contributed by atoms with E-state index in [0.29, 0.717) is 5.56 Å². The van der Waals surface area contributed by atoms with Gasteiger partial charge in [-0.3, -0.25) is 0 Å². The molecule has 174 valence electrons. The number of nitrogens with one attached hydrogen (secondary N) is 1. The zero-order chi connectivity index (χ0) is 24.5. The van der Waals surface area contributed by atoms with Crippen molar-refractivity contribution in [2.45, 2.75) is 6.18 Å². The second-order valence-corrected chi connectivity index (χ2v) is 6.96. The van der Waals surface area contributed by atoms with Gasteiger partial charge >= 0.3 is 12.1 Å². The highest BCUT2D eigenvalue weighted by Gasteiger charge is 2.34. The number of methoxy groups -OCH3 is 1. The molecule has 0 radical (unpaired) electrons. The molecule has 0 aliphatic carbocycles. The standard InChI is InChI=1S/C22H15F4N5O3/c1-34-16-9-14(23)8-15(10-16)28-21-27-11-17(12-3-2-4-13(7-12)20(32)33)19(29-21)31-6-5-18(30-31)22(24,25)26/h2-11H,1H3,(H,32,33)(H,27,28,29). The van der Waals surface area contributed by atoms with Gasteiger partial charge in [-0.05, 0) is 29.8 Å². The van der Waals surface area contributed by atoms with Crippen LogP contribution in [0.2, 0.25) is 0 Å². The van der Waals surface area contributed by atoms with Gasteiger partial charge in [0.1, 0.15) is 11.6 Å². The van der Waals surface area contributed by atoms with Gasteiger partial charge in [-0.1, -0.05) is 12.1 Å². The van der Waals surface area contributed by atoms with Crippen LogP contribution in [-0.2, 0) is 6.18 Å². The smallest absolute Gasteiger partial charge is 0.435 e. The first-order chi connectivity index (χ1) is 16.1. The maximum Gasteiger partial charge on any atom is 0.435 e. The van der Waals surface area contributed by atoms with Crippen molar-refractivity contribution in [3.05, 3.63) is 78.0 Å². The highest BCUT2D eigenvalue weighted by molar-refractivity contribution is 5.89. The van der Waals surface area contributed by atoms with Gasteiger partial charge in [0.05, 0.1) is 12.7 Å². The summed E-state index contributed by atoms with van der Waals surface area (Å²) in [5, 5.41) is 15.6. The number of carboxylic acids is 1. The summed E-state index contributed by atoms with van der Waals surface area (Å²) >= 11 is 0. The summed E-state index contributed by atoms with van der Waals surface area (Å²) in [6.45, 7) is 0. The van der Waals surface area contributed by atoms with Crippen molar-refractivity contribution in [1.29, 1.82) is 0 Å². The average Bonchev–Trinajstić information content (AvgIpc) is 3.29. The largest absolute Gasteiger partial charge is 0.497 e. The SMILES string of the molecule is COc1cc(F)cc(Nc2ncc(-c3cccc(C(=O)O)c3)c(-n3ccc(C(F)(F)F)n3)n2)c1. The average molecular weight is 473 g/mol. The second kappa shape index (κ2) is 8.81. The van der Waals surface area contributed by atoms with Gasteiger partial charge in [0.15, 0.2) is 11.5 Å². The number of nitrogens with zero attached hydrogens (tertiary/aromatic N) is 4. The molecule has 0 amide bonds. The van der Waals surface area contributed by atoms with Crippen molar-refractivity contribution in [3.63, 3.8) is 0 Å². The molecule has 4 aromatic rings. The Labute approximate surface area is 189 Å². The lowest BCUT2D eigenvalue weighted by Gasteiger charge is -2.13. The van der Waals surface area contributed by atoms with Crippen LogP contribution in [0.25, 0.3) is 16.9 Å². The van der Waals surface area contributed by atoms with Crippen LogP contribution in [0, 0.1) is 5.82 Å². The highest BCUT2D eigenvalue weighted by atomic mass is 19.4. The molecule has 2 heterocycles. The van der Waals surface area contributed by atoms with Crippen molar-refractivity contribution < 1.29 is 32.2 Å². The number of anilines is 2. The molecule has 12 heteroatoms. The molecule has 0 atom stereocenters. The fraction of sp³-hybridized carbons (Fsp3) is 0.0909. The van der Waals surface area contributed by atoms with E-state index in [1.165, 1.54) is 43.6 Å². The predicted octanol–water partition coefficient (Wildman–Crippen LogP) is 4.94. The number of carboxylic acid groups (broad SMARTS) is 1. The molecule has 34 heavy (non-hydrogen) atoms. The fourth-order valence-electron chi connectivity index (χ4n) is 3.11. The number of hydrogen-bond donors (Lipinski definition) is 2. The van der Waals surface area contributed by atoms with E-state index in [2.05, 4.69) is 20.4 Å². The monoisotopic (exact) mass is 473 g/mol. The third kappa shape index (κ3) is 4.80. The van der Waals surface area contributed by atoms with E-state index in [1.807, 2.05) is 0 Å². The van der Waals surface area contributed by atoms with Gasteiger partial charge in [-0.25, -0.2) is 18.9 Å². The summed E-state index contributed by atoms with van der Waals surface area (Å²) in [5.41, 5.74) is -0.366. The number of carbonyl (C=O) groups is 1. The van der Waals surface area contributed by atoms with E-state index in [9.17, 15) is 27.5 Å². The summed E-state index contributed by atoms with van der Waals surface area (Å²) in [6, 6.07) is 10.3. The van der Waals surface area contributed by atoms with Gasteiger partial charge in [0, 0.05) is 35.8 Å². The van der Waals surface area contributed by atoms with Gasteiger partial charge in [-0.2, -0.15) is 23.3 Å². The number of aromatic nitrogens is 4. The molecular weight excluding hydrogens is 458 g/mol. The van der Waals surface area contributed by atoms with E-state index < -0.39 is 23.7 Å². The van der Waals surface area contributed by atoms with E-state index in [-0.39, 0.29) is 34.3 Å². The minimum absolute atomic E-state index is 0.0334. The number of halogens is 4. The van der Waals surface area contributed by atoms with Gasteiger partial charge in [0.2, 0.25) is 5.95 Å². The lowest BCUT2D eigenvalue weighted by atomic mass is 10.0. The minimum atomic E-state index is -4.68. The molecule has 0 saturated carbocycles. The molecule has 0 bridgehead atoms. The van der Waals surface area contributed by atoms with Gasteiger partial charge in [-0.15, -0.1) is 0 Å². The quantitative estimate of drug-likeness (QED) is 0.383. The van der Waals surface area contributed by atoms with Crippen molar-refractivity contribution >= 4 is 17.6 Å². The Morgan fingerprint density at radius 2 is 1.94 bits per heavy atom. The molecule has 2 aromatic heterocycles. The van der Waals surface area contributed by atoms with Crippen LogP contribution in [0.3, 0.4) is 0 Å². The summed E-state index contributed by atoms with van der Waals surface area (Å²) in [5.74, 6) is -1.66. The molecule has 4 rings (SSSR count). The highest BCUT2D eigenvalue weighted by Crippen LogP contribution is 2.31. The van der Waals surface area contributed by atoms with Crippen LogP contribution in [0.5, 0.6) is 5.75 Å². The van der Waals surface area contributed by atoms with Crippen LogP contribution < -0.4 is 10.1 Å². The minimum Gasteiger partial charge on any atom is -0.497 e. The van der Waals surface area contributed by atoms with Crippen LogP contribution in [0.1, 0.15) is 16.1 Å². The van der Waals surface area contributed by atoms with E-state index >= 15 is 0 Å². The van der Waals surface area contributed by atoms with Crippen LogP contribution in [0.4, 0.5) is 29.2 Å². The lowest BCUT2D eigenvalue weighted by molar-refractivity contribution is -0.141. The number of rotatable bonds is 6. The Hall–Kier alpha value is -4.48. The Kier molecular flexibility index (Phi) is 5.88. The van der Waals surface area contributed by atoms with Gasteiger partial charge < -0.3 is 15.2 Å². The van der Waals surface area contributed by atoms with Crippen LogP contribution in [0.15, 0.2) is 60.9 Å². The van der Waals surface area contributed by atoms with Crippen molar-refractivity contribution in [1.82, 2.24) is 19.7 Å². The van der Waals surface area contributed by atoms with E-state index in [4.69, 9.17) is 4.74 Å². The molecule has 0 saturated heterocycles. The molecule has 2 N–H and O–H groups in total. The summed E-state index contributed by atoms with van der Waals surface area (Å²) in [4.78, 5) is 19.8. The van der Waals surface area contributed by atoms with Crippen molar-refractivity contribution in [3.8, 4) is 22.7 Å². The molecule has 0 aliphatic heterocycles. The zero-order valence-electron chi connectivity index (χ0n) is 17.3. The first-order valence-electron chi connectivity index (χ1n) is 9.59. The molecule has 0 aliphatic rings. The summed E-state index contributed by atoms with van der Waals surface area (Å²) < 4.78 is 59.1. The number of ether oxygens (including phenoxy) is 1. The Morgan fingerprint density at radius 1 is 1.15 bits per heavy atom. The number of hydrogen-bond acceptors (Lipinski definition) is 6. The third-order valence-electron chi connectivity index (χ3n) is 4.65. The Morgan fingerprint density at radius 3 is 2.62 bits per heavy atom. The molecule has 0 fully saturated rings. The number of benzene rings is 2. The van der Waals surface area contributed by atoms with Crippen LogP contribution >= 0.6 is 0 Å².